The maximum atomic E-state index is 12.8. The van der Waals surface area contributed by atoms with Gasteiger partial charge in [-0.15, -0.1) is 0 Å². The van der Waals surface area contributed by atoms with E-state index in [1.807, 2.05) is 0 Å². The van der Waals surface area contributed by atoms with Crippen LogP contribution in [0.1, 0.15) is 265 Å². The maximum absolute atomic E-state index is 12.8. The van der Waals surface area contributed by atoms with E-state index in [1.165, 1.54) is 116 Å². The zero-order valence-corrected chi connectivity index (χ0v) is 42.7. The van der Waals surface area contributed by atoms with Crippen LogP contribution < -0.4 is 0 Å². The van der Waals surface area contributed by atoms with Crippen LogP contribution >= 0.6 is 0 Å². The van der Waals surface area contributed by atoms with Gasteiger partial charge in [0.25, 0.3) is 0 Å². The van der Waals surface area contributed by atoms with Crippen LogP contribution in [0.15, 0.2) is 72.9 Å². The Balaban J connectivity index is 4.17. The molecule has 0 aliphatic rings. The average Bonchev–Trinajstić information content (AvgIpc) is 3.30. The lowest BCUT2D eigenvalue weighted by molar-refractivity contribution is -0.167. The van der Waals surface area contributed by atoms with Crippen LogP contribution in [0.4, 0.5) is 0 Å². The third-order valence-electron chi connectivity index (χ3n) is 11.7. The van der Waals surface area contributed by atoms with Crippen molar-refractivity contribution in [1.82, 2.24) is 0 Å². The van der Waals surface area contributed by atoms with Gasteiger partial charge >= 0.3 is 17.9 Å². The molecule has 0 aliphatic heterocycles. The molecule has 0 aromatic heterocycles. The Hall–Kier alpha value is -3.15. The van der Waals surface area contributed by atoms with Gasteiger partial charge in [-0.3, -0.25) is 14.4 Å². The summed E-state index contributed by atoms with van der Waals surface area (Å²) in [7, 11) is 0. The Morgan fingerprint density at radius 1 is 0.323 bits per heavy atom. The molecule has 0 saturated carbocycles. The average molecular weight is 907 g/mol. The summed E-state index contributed by atoms with van der Waals surface area (Å²) in [4.78, 5) is 37.8. The van der Waals surface area contributed by atoms with Gasteiger partial charge in [-0.1, -0.05) is 229 Å². The Kier molecular flexibility index (Phi) is 50.9. The van der Waals surface area contributed by atoms with Gasteiger partial charge in [-0.2, -0.15) is 0 Å². The molecule has 1 unspecified atom stereocenters. The van der Waals surface area contributed by atoms with Crippen molar-refractivity contribution in [2.24, 2.45) is 0 Å². The number of hydrogen-bond acceptors (Lipinski definition) is 6. The highest BCUT2D eigenvalue weighted by molar-refractivity contribution is 5.71. The van der Waals surface area contributed by atoms with E-state index in [9.17, 15) is 14.4 Å². The molecule has 0 aliphatic carbocycles. The maximum Gasteiger partial charge on any atom is 0.306 e. The second-order valence-corrected chi connectivity index (χ2v) is 18.1. The predicted molar refractivity (Wildman–Crippen MR) is 279 cm³/mol. The SMILES string of the molecule is CC/C=C\C/C=C\C/C=C\C/C=C\C/C=C\CCCCCCCCCCCC(=O)OCC(COC(=O)CCCCCCCC)OC(=O)CCCCCCC/C=C\CCCCCCCCC. The van der Waals surface area contributed by atoms with E-state index in [2.05, 4.69) is 93.7 Å². The highest BCUT2D eigenvalue weighted by atomic mass is 16.6. The first-order valence-corrected chi connectivity index (χ1v) is 27.4. The molecule has 0 radical (unpaired) electrons. The van der Waals surface area contributed by atoms with Crippen LogP contribution in [0, 0.1) is 0 Å². The van der Waals surface area contributed by atoms with Crippen LogP contribution in [0.25, 0.3) is 0 Å². The smallest absolute Gasteiger partial charge is 0.306 e. The van der Waals surface area contributed by atoms with Crippen LogP contribution in [0.2, 0.25) is 0 Å². The van der Waals surface area contributed by atoms with Crippen LogP contribution in [0.3, 0.4) is 0 Å². The lowest BCUT2D eigenvalue weighted by Gasteiger charge is -2.18. The molecule has 0 N–H and O–H groups in total. The number of rotatable bonds is 49. The summed E-state index contributed by atoms with van der Waals surface area (Å²) in [5.41, 5.74) is 0. The first-order valence-electron chi connectivity index (χ1n) is 27.4. The lowest BCUT2D eigenvalue weighted by atomic mass is 10.1. The highest BCUT2D eigenvalue weighted by Crippen LogP contribution is 2.15. The van der Waals surface area contributed by atoms with Crippen LogP contribution in [-0.2, 0) is 28.6 Å². The van der Waals surface area contributed by atoms with Gasteiger partial charge in [-0.05, 0) is 89.9 Å². The minimum Gasteiger partial charge on any atom is -0.462 e. The third kappa shape index (κ3) is 51.7. The topological polar surface area (TPSA) is 78.9 Å². The van der Waals surface area contributed by atoms with E-state index in [0.717, 1.165) is 109 Å². The molecule has 65 heavy (non-hydrogen) atoms. The number of hydrogen-bond donors (Lipinski definition) is 0. The molecule has 0 aromatic carbocycles. The molecule has 0 amide bonds. The van der Waals surface area contributed by atoms with E-state index in [-0.39, 0.29) is 31.1 Å². The van der Waals surface area contributed by atoms with Gasteiger partial charge in [-0.25, -0.2) is 0 Å². The van der Waals surface area contributed by atoms with Crippen molar-refractivity contribution < 1.29 is 28.6 Å². The molecule has 6 heteroatoms. The fourth-order valence-corrected chi connectivity index (χ4v) is 7.58. The molecule has 0 aromatic rings. The minimum absolute atomic E-state index is 0.0798. The molecular weight excluding hydrogens is 805 g/mol. The second-order valence-electron chi connectivity index (χ2n) is 18.1. The highest BCUT2D eigenvalue weighted by Gasteiger charge is 2.19. The van der Waals surface area contributed by atoms with Crippen molar-refractivity contribution in [3.05, 3.63) is 72.9 Å². The molecule has 0 saturated heterocycles. The summed E-state index contributed by atoms with van der Waals surface area (Å²) in [5.74, 6) is -0.900. The molecule has 0 rings (SSSR count). The molecule has 1 atom stereocenters. The molecule has 0 heterocycles. The number of unbranched alkanes of at least 4 members (excludes halogenated alkanes) is 26. The van der Waals surface area contributed by atoms with Crippen LogP contribution in [-0.4, -0.2) is 37.2 Å². The van der Waals surface area contributed by atoms with Gasteiger partial charge in [0.1, 0.15) is 13.2 Å². The van der Waals surface area contributed by atoms with E-state index in [4.69, 9.17) is 14.2 Å². The summed E-state index contributed by atoms with van der Waals surface area (Å²) in [6, 6.07) is 0. The van der Waals surface area contributed by atoms with Crippen LogP contribution in [0.5, 0.6) is 0 Å². The normalized spacial score (nSPS) is 12.6. The zero-order valence-electron chi connectivity index (χ0n) is 42.7. The molecule has 0 spiro atoms. The number of carbonyl (C=O) groups excluding carboxylic acids is 3. The summed E-state index contributed by atoms with van der Waals surface area (Å²) in [6.07, 6.45) is 67.7. The van der Waals surface area contributed by atoms with Gasteiger partial charge in [0.05, 0.1) is 0 Å². The third-order valence-corrected chi connectivity index (χ3v) is 11.7. The Morgan fingerprint density at radius 3 is 0.954 bits per heavy atom. The first-order chi connectivity index (χ1) is 32.0. The van der Waals surface area contributed by atoms with Crippen molar-refractivity contribution in [3.63, 3.8) is 0 Å². The fourth-order valence-electron chi connectivity index (χ4n) is 7.58. The van der Waals surface area contributed by atoms with E-state index in [1.54, 1.807) is 0 Å². The Bertz CT molecular complexity index is 1230. The number of allylic oxidation sites excluding steroid dienone is 12. The standard InChI is InChI=1S/C59H102O6/c1-4-7-10-13-16-18-20-22-24-26-27-28-29-30-31-32-33-34-36-37-39-41-43-46-49-52-58(61)64-55-56(54-63-57(60)51-48-45-15-12-9-6-3)65-59(62)53-50-47-44-42-40-38-35-25-23-21-19-17-14-11-8-5-2/h7,10,16,18,22,24-25,27-28,30-31,35,56H,4-6,8-9,11-15,17,19-21,23,26,29,32-34,36-55H2,1-3H3/b10-7-,18-16-,24-22-,28-27-,31-30-,35-25-. The van der Waals surface area contributed by atoms with Crippen molar-refractivity contribution in [2.45, 2.75) is 271 Å². The quantitative estimate of drug-likeness (QED) is 0.0262. The molecule has 6 nitrogen and oxygen atoms in total. The first kappa shape index (κ1) is 61.9. The van der Waals surface area contributed by atoms with Gasteiger partial charge in [0, 0.05) is 19.3 Å². The van der Waals surface area contributed by atoms with Gasteiger partial charge in [0.2, 0.25) is 0 Å². The second kappa shape index (κ2) is 53.5. The lowest BCUT2D eigenvalue weighted by Crippen LogP contribution is -2.30. The molecule has 374 valence electrons. The van der Waals surface area contributed by atoms with Gasteiger partial charge < -0.3 is 14.2 Å². The van der Waals surface area contributed by atoms with Crippen molar-refractivity contribution >= 4 is 17.9 Å². The summed E-state index contributed by atoms with van der Waals surface area (Å²) < 4.78 is 16.7. The molecular formula is C59H102O6. The predicted octanol–water partition coefficient (Wildman–Crippen LogP) is 18.2. The zero-order chi connectivity index (χ0) is 47.2. The summed E-state index contributed by atoms with van der Waals surface area (Å²) in [6.45, 7) is 6.46. The summed E-state index contributed by atoms with van der Waals surface area (Å²) in [5, 5.41) is 0. The summed E-state index contributed by atoms with van der Waals surface area (Å²) >= 11 is 0. The monoisotopic (exact) mass is 907 g/mol. The largest absolute Gasteiger partial charge is 0.462 e. The Labute approximate surface area is 402 Å². The van der Waals surface area contributed by atoms with Gasteiger partial charge in [0.15, 0.2) is 6.10 Å². The van der Waals surface area contributed by atoms with E-state index in [0.29, 0.717) is 19.3 Å². The minimum atomic E-state index is -0.778. The number of carbonyl (C=O) groups is 3. The fraction of sp³-hybridized carbons (Fsp3) is 0.746. The molecule has 0 bridgehead atoms. The van der Waals surface area contributed by atoms with Crippen molar-refractivity contribution in [1.29, 1.82) is 0 Å². The number of ether oxygens (including phenoxy) is 3. The van der Waals surface area contributed by atoms with Crippen molar-refractivity contribution in [2.75, 3.05) is 13.2 Å². The number of esters is 3. The van der Waals surface area contributed by atoms with E-state index < -0.39 is 6.10 Å². The molecule has 0 fully saturated rings. The van der Waals surface area contributed by atoms with E-state index >= 15 is 0 Å². The Morgan fingerprint density at radius 2 is 0.600 bits per heavy atom. The van der Waals surface area contributed by atoms with Crippen molar-refractivity contribution in [3.8, 4) is 0 Å².